The maximum Gasteiger partial charge on any atom is 0.315 e. The Morgan fingerprint density at radius 2 is 1.84 bits per heavy atom. The molecule has 0 aromatic carbocycles. The van der Waals surface area contributed by atoms with Crippen molar-refractivity contribution >= 4 is 6.01 Å². The number of nitrogens with zero attached hydrogens (tertiary/aromatic N) is 4. The Balaban J connectivity index is 1.85. The first-order chi connectivity index (χ1) is 9.17. The van der Waals surface area contributed by atoms with Gasteiger partial charge in [-0.05, 0) is 26.3 Å². The summed E-state index contributed by atoms with van der Waals surface area (Å²) in [5.41, 5.74) is 1.98. The van der Waals surface area contributed by atoms with Gasteiger partial charge in [0.25, 0.3) is 0 Å². The minimum absolute atomic E-state index is 0.466. The molecule has 102 valence electrons. The van der Waals surface area contributed by atoms with Gasteiger partial charge in [0, 0.05) is 30.8 Å². The summed E-state index contributed by atoms with van der Waals surface area (Å²) in [5.74, 6) is 1.51. The van der Waals surface area contributed by atoms with E-state index in [9.17, 15) is 0 Å². The number of hydrogen-bond donors (Lipinski definition) is 1. The first-order valence-corrected chi connectivity index (χ1v) is 6.55. The van der Waals surface area contributed by atoms with E-state index in [2.05, 4.69) is 32.4 Å². The van der Waals surface area contributed by atoms with Crippen LogP contribution in [-0.2, 0) is 12.8 Å². The quantitative estimate of drug-likeness (QED) is 0.858. The standard InChI is InChI=1S/C13H19N5O/c1-4-5-12-17-18-13(19-12)14-7-6-11-15-9(2)8-10(3)16-11/h8H,4-7H2,1-3H3,(H,14,18). The number of anilines is 1. The Bertz CT molecular complexity index is 517. The fraction of sp³-hybridized carbons (Fsp3) is 0.538. The summed E-state index contributed by atoms with van der Waals surface area (Å²) < 4.78 is 5.44. The van der Waals surface area contributed by atoms with Gasteiger partial charge in [-0.25, -0.2) is 9.97 Å². The van der Waals surface area contributed by atoms with Crippen LogP contribution in [0.3, 0.4) is 0 Å². The van der Waals surface area contributed by atoms with Crippen LogP contribution in [0, 0.1) is 13.8 Å². The summed E-state index contributed by atoms with van der Waals surface area (Å²) in [6.07, 6.45) is 2.54. The molecule has 0 amide bonds. The average Bonchev–Trinajstić information content (AvgIpc) is 2.76. The van der Waals surface area contributed by atoms with Gasteiger partial charge in [0.05, 0.1) is 0 Å². The van der Waals surface area contributed by atoms with Gasteiger partial charge in [-0.2, -0.15) is 0 Å². The van der Waals surface area contributed by atoms with Gasteiger partial charge in [0.15, 0.2) is 0 Å². The fourth-order valence-electron chi connectivity index (χ4n) is 1.83. The second kappa shape index (κ2) is 6.26. The van der Waals surface area contributed by atoms with Crippen molar-refractivity contribution < 1.29 is 4.42 Å². The highest BCUT2D eigenvalue weighted by Crippen LogP contribution is 2.07. The third kappa shape index (κ3) is 4.01. The van der Waals surface area contributed by atoms with Crippen LogP contribution < -0.4 is 5.32 Å². The van der Waals surface area contributed by atoms with Gasteiger partial charge in [-0.1, -0.05) is 12.0 Å². The van der Waals surface area contributed by atoms with E-state index in [0.717, 1.165) is 36.5 Å². The molecular weight excluding hydrogens is 242 g/mol. The van der Waals surface area contributed by atoms with E-state index in [0.29, 0.717) is 18.5 Å². The van der Waals surface area contributed by atoms with Crippen LogP contribution in [0.5, 0.6) is 0 Å². The second-order valence-corrected chi connectivity index (χ2v) is 4.49. The first kappa shape index (κ1) is 13.5. The smallest absolute Gasteiger partial charge is 0.315 e. The van der Waals surface area contributed by atoms with Crippen molar-refractivity contribution in [2.45, 2.75) is 40.0 Å². The predicted octanol–water partition coefficient (Wildman–Crippen LogP) is 2.08. The van der Waals surface area contributed by atoms with Crippen LogP contribution in [-0.4, -0.2) is 26.7 Å². The molecule has 0 aliphatic rings. The molecule has 0 spiro atoms. The van der Waals surface area contributed by atoms with Gasteiger partial charge in [0.2, 0.25) is 5.89 Å². The monoisotopic (exact) mass is 261 g/mol. The molecule has 0 radical (unpaired) electrons. The molecule has 6 heteroatoms. The van der Waals surface area contributed by atoms with Crippen molar-refractivity contribution in [2.75, 3.05) is 11.9 Å². The Hall–Kier alpha value is -1.98. The maximum absolute atomic E-state index is 5.44. The SMILES string of the molecule is CCCc1nnc(NCCc2nc(C)cc(C)n2)o1. The molecule has 2 aromatic rings. The van der Waals surface area contributed by atoms with Crippen LogP contribution in [0.1, 0.15) is 36.4 Å². The van der Waals surface area contributed by atoms with Crippen LogP contribution >= 0.6 is 0 Å². The highest BCUT2D eigenvalue weighted by molar-refractivity contribution is 5.17. The zero-order valence-electron chi connectivity index (χ0n) is 11.6. The summed E-state index contributed by atoms with van der Waals surface area (Å²) in [5, 5.41) is 11.0. The van der Waals surface area contributed by atoms with E-state index in [1.165, 1.54) is 0 Å². The maximum atomic E-state index is 5.44. The van der Waals surface area contributed by atoms with Crippen molar-refractivity contribution in [1.82, 2.24) is 20.2 Å². The lowest BCUT2D eigenvalue weighted by molar-refractivity contribution is 0.501. The number of rotatable bonds is 6. The Morgan fingerprint density at radius 1 is 1.11 bits per heavy atom. The van der Waals surface area contributed by atoms with Gasteiger partial charge in [-0.15, -0.1) is 5.10 Å². The number of aromatic nitrogens is 4. The zero-order valence-corrected chi connectivity index (χ0v) is 11.6. The van der Waals surface area contributed by atoms with Crippen LogP contribution in [0.4, 0.5) is 6.01 Å². The summed E-state index contributed by atoms with van der Waals surface area (Å²) in [6.45, 7) is 6.70. The molecule has 0 aliphatic heterocycles. The molecule has 1 N–H and O–H groups in total. The molecule has 0 unspecified atom stereocenters. The largest absolute Gasteiger partial charge is 0.408 e. The van der Waals surface area contributed by atoms with E-state index in [4.69, 9.17) is 4.42 Å². The molecule has 2 rings (SSSR count). The fourth-order valence-corrected chi connectivity index (χ4v) is 1.83. The van der Waals surface area contributed by atoms with Crippen molar-refractivity contribution in [3.05, 3.63) is 29.2 Å². The van der Waals surface area contributed by atoms with Crippen molar-refractivity contribution in [3.63, 3.8) is 0 Å². The molecule has 19 heavy (non-hydrogen) atoms. The average molecular weight is 261 g/mol. The summed E-state index contributed by atoms with van der Waals surface area (Å²) in [6, 6.07) is 2.43. The third-order valence-electron chi connectivity index (χ3n) is 2.58. The molecule has 0 saturated heterocycles. The Kier molecular flexibility index (Phi) is 4.43. The summed E-state index contributed by atoms with van der Waals surface area (Å²) >= 11 is 0. The van der Waals surface area contributed by atoms with Gasteiger partial charge in [-0.3, -0.25) is 0 Å². The van der Waals surface area contributed by atoms with Gasteiger partial charge < -0.3 is 9.73 Å². The molecule has 0 saturated carbocycles. The van der Waals surface area contributed by atoms with Crippen LogP contribution in [0.15, 0.2) is 10.5 Å². The molecule has 6 nitrogen and oxygen atoms in total. The highest BCUT2D eigenvalue weighted by Gasteiger charge is 2.05. The van der Waals surface area contributed by atoms with Gasteiger partial charge >= 0.3 is 6.01 Å². The first-order valence-electron chi connectivity index (χ1n) is 6.55. The third-order valence-corrected chi connectivity index (χ3v) is 2.58. The second-order valence-electron chi connectivity index (χ2n) is 4.49. The molecule has 0 fully saturated rings. The van der Waals surface area contributed by atoms with Crippen molar-refractivity contribution in [2.24, 2.45) is 0 Å². The van der Waals surface area contributed by atoms with E-state index in [-0.39, 0.29) is 0 Å². The van der Waals surface area contributed by atoms with Crippen LogP contribution in [0.25, 0.3) is 0 Å². The zero-order chi connectivity index (χ0) is 13.7. The van der Waals surface area contributed by atoms with Crippen molar-refractivity contribution in [3.8, 4) is 0 Å². The number of aryl methyl sites for hydroxylation is 3. The minimum atomic E-state index is 0.466. The van der Waals surface area contributed by atoms with E-state index in [1.807, 2.05) is 19.9 Å². The molecule has 0 aliphatic carbocycles. The normalized spacial score (nSPS) is 10.7. The molecular formula is C13H19N5O. The van der Waals surface area contributed by atoms with E-state index in [1.54, 1.807) is 0 Å². The van der Waals surface area contributed by atoms with Crippen LogP contribution in [0.2, 0.25) is 0 Å². The lowest BCUT2D eigenvalue weighted by Gasteiger charge is -2.03. The van der Waals surface area contributed by atoms with E-state index >= 15 is 0 Å². The number of hydrogen-bond acceptors (Lipinski definition) is 6. The lowest BCUT2D eigenvalue weighted by atomic mass is 10.3. The molecule has 2 aromatic heterocycles. The summed E-state index contributed by atoms with van der Waals surface area (Å²) in [4.78, 5) is 8.76. The number of nitrogens with one attached hydrogen (secondary N) is 1. The van der Waals surface area contributed by atoms with E-state index < -0.39 is 0 Å². The Labute approximate surface area is 112 Å². The van der Waals surface area contributed by atoms with Gasteiger partial charge in [0.1, 0.15) is 5.82 Å². The lowest BCUT2D eigenvalue weighted by Crippen LogP contribution is -2.09. The molecule has 0 bridgehead atoms. The predicted molar refractivity (Wildman–Crippen MR) is 72.0 cm³/mol. The topological polar surface area (TPSA) is 76.7 Å². The highest BCUT2D eigenvalue weighted by atomic mass is 16.4. The minimum Gasteiger partial charge on any atom is -0.408 e. The Morgan fingerprint density at radius 3 is 2.53 bits per heavy atom. The molecule has 0 atom stereocenters. The van der Waals surface area contributed by atoms with Crippen molar-refractivity contribution in [1.29, 1.82) is 0 Å². The molecule has 2 heterocycles. The summed E-state index contributed by atoms with van der Waals surface area (Å²) in [7, 11) is 0.